The van der Waals surface area contributed by atoms with E-state index >= 15 is 0 Å². The number of carbonyl (C=O) groups is 1. The van der Waals surface area contributed by atoms with E-state index in [1.165, 1.54) is 19.3 Å². The van der Waals surface area contributed by atoms with Crippen molar-refractivity contribution >= 4 is 5.91 Å². The summed E-state index contributed by atoms with van der Waals surface area (Å²) in [5.74, 6) is 1.00. The molecule has 4 heteroatoms. The smallest absolute Gasteiger partial charge is 0.287 e. The lowest BCUT2D eigenvalue weighted by atomic mass is 9.74. The molecular formula is C14H22N2O2. The van der Waals surface area contributed by atoms with E-state index in [9.17, 15) is 4.79 Å². The molecule has 0 bridgehead atoms. The van der Waals surface area contributed by atoms with Gasteiger partial charge in [-0.05, 0) is 43.9 Å². The fourth-order valence-corrected chi connectivity index (χ4v) is 2.67. The van der Waals surface area contributed by atoms with Gasteiger partial charge in [-0.25, -0.2) is 0 Å². The van der Waals surface area contributed by atoms with E-state index in [1.54, 1.807) is 12.1 Å². The molecule has 0 aliphatic heterocycles. The normalized spacial score (nSPS) is 18.6. The van der Waals surface area contributed by atoms with Gasteiger partial charge in [-0.1, -0.05) is 19.3 Å². The third-order valence-corrected chi connectivity index (χ3v) is 3.94. The number of furan rings is 1. The molecule has 0 saturated heterocycles. The van der Waals surface area contributed by atoms with Crippen LogP contribution in [0.4, 0.5) is 0 Å². The average molecular weight is 250 g/mol. The zero-order chi connectivity index (χ0) is 13.0. The fourth-order valence-electron chi connectivity index (χ4n) is 2.67. The fraction of sp³-hybridized carbons (Fsp3) is 0.643. The minimum absolute atomic E-state index is 0.0928. The first-order valence-electron chi connectivity index (χ1n) is 6.70. The molecule has 100 valence electrons. The summed E-state index contributed by atoms with van der Waals surface area (Å²) in [6.07, 6.45) is 5.94. The quantitative estimate of drug-likeness (QED) is 0.861. The van der Waals surface area contributed by atoms with Gasteiger partial charge in [0.2, 0.25) is 0 Å². The Morgan fingerprint density at radius 1 is 1.39 bits per heavy atom. The van der Waals surface area contributed by atoms with Crippen LogP contribution in [0.2, 0.25) is 0 Å². The molecule has 1 aliphatic carbocycles. The van der Waals surface area contributed by atoms with E-state index in [0.717, 1.165) is 18.6 Å². The molecule has 18 heavy (non-hydrogen) atoms. The predicted octanol–water partition coefficient (Wildman–Crippen LogP) is 2.23. The lowest BCUT2D eigenvalue weighted by Gasteiger charge is -2.36. The lowest BCUT2D eigenvalue weighted by molar-refractivity contribution is 0.0885. The van der Waals surface area contributed by atoms with E-state index in [2.05, 4.69) is 5.32 Å². The molecule has 0 spiro atoms. The van der Waals surface area contributed by atoms with Crippen molar-refractivity contribution in [3.8, 4) is 0 Å². The van der Waals surface area contributed by atoms with Crippen molar-refractivity contribution in [2.75, 3.05) is 13.1 Å². The second-order valence-electron chi connectivity index (χ2n) is 5.36. The van der Waals surface area contributed by atoms with Crippen molar-refractivity contribution in [2.45, 2.75) is 39.0 Å². The van der Waals surface area contributed by atoms with Gasteiger partial charge in [0.05, 0.1) is 0 Å². The SMILES string of the molecule is Cc1ccc(C(=O)NCC2(CN)CCCCC2)o1. The Hall–Kier alpha value is -1.29. The maximum Gasteiger partial charge on any atom is 0.287 e. The van der Waals surface area contributed by atoms with E-state index in [4.69, 9.17) is 10.2 Å². The largest absolute Gasteiger partial charge is 0.456 e. The number of carbonyl (C=O) groups excluding carboxylic acids is 1. The van der Waals surface area contributed by atoms with Crippen molar-refractivity contribution in [1.29, 1.82) is 0 Å². The highest BCUT2D eigenvalue weighted by Crippen LogP contribution is 2.34. The average Bonchev–Trinajstić information content (AvgIpc) is 2.84. The van der Waals surface area contributed by atoms with Gasteiger partial charge in [0.1, 0.15) is 5.76 Å². The summed E-state index contributed by atoms with van der Waals surface area (Å²) < 4.78 is 5.31. The van der Waals surface area contributed by atoms with Crippen LogP contribution in [-0.4, -0.2) is 19.0 Å². The molecule has 1 aromatic heterocycles. The van der Waals surface area contributed by atoms with Gasteiger partial charge in [0.15, 0.2) is 5.76 Å². The summed E-state index contributed by atoms with van der Waals surface area (Å²) >= 11 is 0. The van der Waals surface area contributed by atoms with Gasteiger partial charge in [-0.15, -0.1) is 0 Å². The molecule has 1 aromatic rings. The monoisotopic (exact) mass is 250 g/mol. The second-order valence-corrected chi connectivity index (χ2v) is 5.36. The molecule has 2 rings (SSSR count). The minimum atomic E-state index is -0.138. The van der Waals surface area contributed by atoms with Gasteiger partial charge in [-0.3, -0.25) is 4.79 Å². The molecule has 4 nitrogen and oxygen atoms in total. The van der Waals surface area contributed by atoms with Gasteiger partial charge < -0.3 is 15.5 Å². The van der Waals surface area contributed by atoms with Crippen molar-refractivity contribution < 1.29 is 9.21 Å². The van der Waals surface area contributed by atoms with Gasteiger partial charge in [0.25, 0.3) is 5.91 Å². The molecule has 1 aliphatic rings. The van der Waals surface area contributed by atoms with Gasteiger partial charge in [-0.2, -0.15) is 0 Å². The van der Waals surface area contributed by atoms with Crippen LogP contribution in [0.15, 0.2) is 16.5 Å². The van der Waals surface area contributed by atoms with Crippen LogP contribution in [0.25, 0.3) is 0 Å². The van der Waals surface area contributed by atoms with Crippen molar-refractivity contribution in [3.63, 3.8) is 0 Å². The molecule has 3 N–H and O–H groups in total. The standard InChI is InChI=1S/C14H22N2O2/c1-11-5-6-12(18-11)13(17)16-10-14(9-15)7-3-2-4-8-14/h5-6H,2-4,7-10,15H2,1H3,(H,16,17). The van der Waals surface area contributed by atoms with E-state index in [0.29, 0.717) is 18.8 Å². The lowest BCUT2D eigenvalue weighted by Crippen LogP contribution is -2.43. The van der Waals surface area contributed by atoms with Gasteiger partial charge in [0, 0.05) is 6.54 Å². The van der Waals surface area contributed by atoms with E-state index in [1.807, 2.05) is 6.92 Å². The highest BCUT2D eigenvalue weighted by molar-refractivity contribution is 5.91. The summed E-state index contributed by atoms with van der Waals surface area (Å²) in [6, 6.07) is 3.51. The summed E-state index contributed by atoms with van der Waals surface area (Å²) in [6.45, 7) is 3.13. The van der Waals surface area contributed by atoms with Crippen LogP contribution >= 0.6 is 0 Å². The molecule has 0 unspecified atom stereocenters. The van der Waals surface area contributed by atoms with Crippen LogP contribution in [-0.2, 0) is 0 Å². The molecular weight excluding hydrogens is 228 g/mol. The Morgan fingerprint density at radius 3 is 2.67 bits per heavy atom. The number of hydrogen-bond acceptors (Lipinski definition) is 3. The van der Waals surface area contributed by atoms with Crippen molar-refractivity contribution in [2.24, 2.45) is 11.1 Å². The van der Waals surface area contributed by atoms with Crippen LogP contribution in [0, 0.1) is 12.3 Å². The predicted molar refractivity (Wildman–Crippen MR) is 70.4 cm³/mol. The number of amides is 1. The Balaban J connectivity index is 1.91. The van der Waals surface area contributed by atoms with Crippen LogP contribution < -0.4 is 11.1 Å². The number of aryl methyl sites for hydroxylation is 1. The number of hydrogen-bond donors (Lipinski definition) is 2. The van der Waals surface area contributed by atoms with E-state index in [-0.39, 0.29) is 11.3 Å². The van der Waals surface area contributed by atoms with Crippen molar-refractivity contribution in [3.05, 3.63) is 23.7 Å². The first-order chi connectivity index (χ1) is 8.65. The Kier molecular flexibility index (Phi) is 4.07. The minimum Gasteiger partial charge on any atom is -0.456 e. The van der Waals surface area contributed by atoms with Crippen LogP contribution in [0.3, 0.4) is 0 Å². The summed E-state index contributed by atoms with van der Waals surface area (Å²) in [5.41, 5.74) is 5.99. The molecule has 1 amide bonds. The Morgan fingerprint density at radius 2 is 2.11 bits per heavy atom. The summed E-state index contributed by atoms with van der Waals surface area (Å²) in [5, 5.41) is 2.96. The van der Waals surface area contributed by atoms with Crippen LogP contribution in [0.1, 0.15) is 48.4 Å². The summed E-state index contributed by atoms with van der Waals surface area (Å²) in [4.78, 5) is 11.9. The maximum atomic E-state index is 11.9. The first-order valence-corrected chi connectivity index (χ1v) is 6.70. The Labute approximate surface area is 108 Å². The topological polar surface area (TPSA) is 68.3 Å². The molecule has 1 saturated carbocycles. The summed E-state index contributed by atoms with van der Waals surface area (Å²) in [7, 11) is 0. The third kappa shape index (κ3) is 2.93. The molecule has 1 heterocycles. The van der Waals surface area contributed by atoms with Crippen LogP contribution in [0.5, 0.6) is 0 Å². The number of nitrogens with one attached hydrogen (secondary N) is 1. The molecule has 0 atom stereocenters. The number of rotatable bonds is 4. The highest BCUT2D eigenvalue weighted by atomic mass is 16.3. The van der Waals surface area contributed by atoms with Gasteiger partial charge >= 0.3 is 0 Å². The zero-order valence-electron chi connectivity index (χ0n) is 11.0. The van der Waals surface area contributed by atoms with Crippen molar-refractivity contribution in [1.82, 2.24) is 5.32 Å². The third-order valence-electron chi connectivity index (χ3n) is 3.94. The molecule has 0 radical (unpaired) electrons. The molecule has 0 aromatic carbocycles. The molecule has 1 fully saturated rings. The first kappa shape index (κ1) is 13.1. The number of nitrogens with two attached hydrogens (primary N) is 1. The second kappa shape index (κ2) is 5.57. The maximum absolute atomic E-state index is 11.9. The Bertz CT molecular complexity index is 406. The zero-order valence-corrected chi connectivity index (χ0v) is 11.0. The highest BCUT2D eigenvalue weighted by Gasteiger charge is 2.31. The van der Waals surface area contributed by atoms with E-state index < -0.39 is 0 Å².